The zero-order valence-corrected chi connectivity index (χ0v) is 17.1. The molecule has 0 radical (unpaired) electrons. The fourth-order valence-electron chi connectivity index (χ4n) is 3.08. The number of hydrogen-bond donors (Lipinski definition) is 1. The number of hydrogen-bond acceptors (Lipinski definition) is 4. The van der Waals surface area contributed by atoms with E-state index < -0.39 is 6.10 Å². The van der Waals surface area contributed by atoms with Crippen molar-refractivity contribution in [1.29, 1.82) is 0 Å². The molecule has 1 atom stereocenters. The fourth-order valence-corrected chi connectivity index (χ4v) is 3.08. The van der Waals surface area contributed by atoms with Gasteiger partial charge in [-0.2, -0.15) is 0 Å². The smallest absolute Gasteiger partial charge is 0.261 e. The van der Waals surface area contributed by atoms with Crippen molar-refractivity contribution in [2.75, 3.05) is 13.2 Å². The molecule has 0 heterocycles. The van der Waals surface area contributed by atoms with Crippen LogP contribution in [0.3, 0.4) is 0 Å². The van der Waals surface area contributed by atoms with Crippen molar-refractivity contribution in [2.45, 2.75) is 33.4 Å². The van der Waals surface area contributed by atoms with Crippen molar-refractivity contribution in [3.63, 3.8) is 0 Å². The minimum absolute atomic E-state index is 0.176. The van der Waals surface area contributed by atoms with Crippen LogP contribution in [0.5, 0.6) is 17.2 Å². The van der Waals surface area contributed by atoms with E-state index in [1.807, 2.05) is 74.5 Å². The summed E-state index contributed by atoms with van der Waals surface area (Å²) in [7, 11) is 0. The SMILES string of the molecule is CCOc1ccc(CNC(=O)[C@@H](C)Oc2cccc3ccccc23)cc1OCC. The maximum absolute atomic E-state index is 12.5. The molecule has 0 saturated heterocycles. The van der Waals surface area contributed by atoms with Gasteiger partial charge in [-0.15, -0.1) is 0 Å². The molecule has 0 aliphatic carbocycles. The lowest BCUT2D eigenvalue weighted by Gasteiger charge is -2.17. The lowest BCUT2D eigenvalue weighted by atomic mass is 10.1. The monoisotopic (exact) mass is 393 g/mol. The molecule has 3 aromatic carbocycles. The molecule has 5 heteroatoms. The largest absolute Gasteiger partial charge is 0.490 e. The van der Waals surface area contributed by atoms with Crippen LogP contribution in [0.4, 0.5) is 0 Å². The van der Waals surface area contributed by atoms with Gasteiger partial charge < -0.3 is 19.5 Å². The molecular formula is C24H27NO4. The molecule has 0 saturated carbocycles. The average Bonchev–Trinajstić information content (AvgIpc) is 2.74. The Labute approximate surface area is 171 Å². The van der Waals surface area contributed by atoms with Crippen LogP contribution < -0.4 is 19.5 Å². The number of carbonyl (C=O) groups is 1. The molecule has 1 N–H and O–H groups in total. The van der Waals surface area contributed by atoms with Gasteiger partial charge in [0.05, 0.1) is 13.2 Å². The molecule has 0 aromatic heterocycles. The Kier molecular flexibility index (Phi) is 6.95. The number of fused-ring (bicyclic) bond motifs is 1. The summed E-state index contributed by atoms with van der Waals surface area (Å²) in [5, 5.41) is 5.00. The van der Waals surface area contributed by atoms with E-state index in [2.05, 4.69) is 5.32 Å². The Morgan fingerprint density at radius 3 is 2.41 bits per heavy atom. The van der Waals surface area contributed by atoms with Gasteiger partial charge >= 0.3 is 0 Å². The van der Waals surface area contributed by atoms with Crippen LogP contribution in [-0.2, 0) is 11.3 Å². The zero-order valence-electron chi connectivity index (χ0n) is 17.1. The van der Waals surface area contributed by atoms with Crippen LogP contribution in [0.1, 0.15) is 26.3 Å². The summed E-state index contributed by atoms with van der Waals surface area (Å²) in [6.45, 7) is 7.11. The predicted octanol–water partition coefficient (Wildman–Crippen LogP) is 4.72. The lowest BCUT2D eigenvalue weighted by molar-refractivity contribution is -0.127. The highest BCUT2D eigenvalue weighted by molar-refractivity contribution is 5.89. The molecule has 0 unspecified atom stereocenters. The Bertz CT molecular complexity index is 965. The van der Waals surface area contributed by atoms with Crippen molar-refractivity contribution < 1.29 is 19.0 Å². The summed E-state index contributed by atoms with van der Waals surface area (Å²) < 4.78 is 17.2. The van der Waals surface area contributed by atoms with E-state index in [0.717, 1.165) is 16.3 Å². The molecule has 0 aliphatic rings. The van der Waals surface area contributed by atoms with E-state index in [1.165, 1.54) is 0 Å². The maximum atomic E-state index is 12.5. The quantitative estimate of drug-likeness (QED) is 0.571. The topological polar surface area (TPSA) is 56.8 Å². The summed E-state index contributed by atoms with van der Waals surface area (Å²) in [6, 6.07) is 19.5. The third kappa shape index (κ3) is 5.19. The molecule has 0 bridgehead atoms. The van der Waals surface area contributed by atoms with Gasteiger partial charge in [-0.05, 0) is 49.9 Å². The van der Waals surface area contributed by atoms with E-state index in [4.69, 9.17) is 14.2 Å². The second-order valence-electron chi connectivity index (χ2n) is 6.60. The van der Waals surface area contributed by atoms with E-state index >= 15 is 0 Å². The van der Waals surface area contributed by atoms with Crippen LogP contribution in [0.25, 0.3) is 10.8 Å². The van der Waals surface area contributed by atoms with Gasteiger partial charge in [0.15, 0.2) is 17.6 Å². The van der Waals surface area contributed by atoms with Crippen molar-refractivity contribution in [3.8, 4) is 17.2 Å². The van der Waals surface area contributed by atoms with Gasteiger partial charge in [-0.3, -0.25) is 4.79 Å². The highest BCUT2D eigenvalue weighted by Gasteiger charge is 2.16. The van der Waals surface area contributed by atoms with Crippen LogP contribution in [0.2, 0.25) is 0 Å². The van der Waals surface area contributed by atoms with Gasteiger partial charge in [-0.25, -0.2) is 0 Å². The standard InChI is InChI=1S/C24H27NO4/c1-4-27-22-14-13-18(15-23(22)28-5-2)16-25-24(26)17(3)29-21-12-8-10-19-9-6-7-11-20(19)21/h6-15,17H,4-5,16H2,1-3H3,(H,25,26)/t17-/m1/s1. The first-order chi connectivity index (χ1) is 14.1. The molecule has 1 amide bonds. The molecule has 0 aliphatic heterocycles. The highest BCUT2D eigenvalue weighted by Crippen LogP contribution is 2.29. The first-order valence-electron chi connectivity index (χ1n) is 9.93. The van der Waals surface area contributed by atoms with Crippen LogP contribution in [-0.4, -0.2) is 25.2 Å². The second-order valence-corrected chi connectivity index (χ2v) is 6.60. The second kappa shape index (κ2) is 9.82. The summed E-state index contributed by atoms with van der Waals surface area (Å²) in [5.74, 6) is 1.91. The molecular weight excluding hydrogens is 366 g/mol. The normalized spacial score (nSPS) is 11.7. The fraction of sp³-hybridized carbons (Fsp3) is 0.292. The Morgan fingerprint density at radius 2 is 1.62 bits per heavy atom. The predicted molar refractivity (Wildman–Crippen MR) is 115 cm³/mol. The van der Waals surface area contributed by atoms with Crippen LogP contribution in [0.15, 0.2) is 60.7 Å². The molecule has 3 aromatic rings. The number of amides is 1. The van der Waals surface area contributed by atoms with E-state index in [0.29, 0.717) is 37.0 Å². The number of benzene rings is 3. The number of nitrogens with one attached hydrogen (secondary N) is 1. The third-order valence-electron chi connectivity index (χ3n) is 4.50. The summed E-state index contributed by atoms with van der Waals surface area (Å²) in [5.41, 5.74) is 0.933. The van der Waals surface area contributed by atoms with Gasteiger partial charge in [0.2, 0.25) is 0 Å². The first-order valence-corrected chi connectivity index (χ1v) is 9.93. The molecule has 152 valence electrons. The number of carbonyl (C=O) groups excluding carboxylic acids is 1. The van der Waals surface area contributed by atoms with E-state index in [1.54, 1.807) is 6.92 Å². The van der Waals surface area contributed by atoms with Crippen molar-refractivity contribution >= 4 is 16.7 Å². The molecule has 0 fully saturated rings. The Balaban J connectivity index is 1.63. The zero-order chi connectivity index (χ0) is 20.6. The Hall–Kier alpha value is -3.21. The minimum Gasteiger partial charge on any atom is -0.490 e. The highest BCUT2D eigenvalue weighted by atomic mass is 16.5. The molecule has 0 spiro atoms. The molecule has 3 rings (SSSR count). The first kappa shape index (κ1) is 20.5. The van der Waals surface area contributed by atoms with Crippen molar-refractivity contribution in [1.82, 2.24) is 5.32 Å². The Morgan fingerprint density at radius 1 is 0.897 bits per heavy atom. The average molecular weight is 393 g/mol. The summed E-state index contributed by atoms with van der Waals surface area (Å²) in [4.78, 5) is 12.5. The molecule has 29 heavy (non-hydrogen) atoms. The minimum atomic E-state index is -0.616. The molecule has 5 nitrogen and oxygen atoms in total. The lowest BCUT2D eigenvalue weighted by Crippen LogP contribution is -2.35. The van der Waals surface area contributed by atoms with Crippen molar-refractivity contribution in [2.24, 2.45) is 0 Å². The van der Waals surface area contributed by atoms with Crippen LogP contribution in [0, 0.1) is 0 Å². The van der Waals surface area contributed by atoms with Crippen molar-refractivity contribution in [3.05, 3.63) is 66.2 Å². The van der Waals surface area contributed by atoms with E-state index in [9.17, 15) is 4.79 Å². The third-order valence-corrected chi connectivity index (χ3v) is 4.50. The van der Waals surface area contributed by atoms with Gasteiger partial charge in [-0.1, -0.05) is 42.5 Å². The number of rotatable bonds is 9. The van der Waals surface area contributed by atoms with Gasteiger partial charge in [0, 0.05) is 11.9 Å². The number of ether oxygens (including phenoxy) is 3. The maximum Gasteiger partial charge on any atom is 0.261 e. The van der Waals surface area contributed by atoms with E-state index in [-0.39, 0.29) is 5.91 Å². The van der Waals surface area contributed by atoms with Crippen LogP contribution >= 0.6 is 0 Å². The summed E-state index contributed by atoms with van der Waals surface area (Å²) in [6.07, 6.45) is -0.616. The van der Waals surface area contributed by atoms with Gasteiger partial charge in [0.25, 0.3) is 5.91 Å². The van der Waals surface area contributed by atoms with Gasteiger partial charge in [0.1, 0.15) is 5.75 Å². The summed E-state index contributed by atoms with van der Waals surface area (Å²) >= 11 is 0.